The Morgan fingerprint density at radius 1 is 0.375 bits per heavy atom. The first-order chi connectivity index (χ1) is 27.7. The van der Waals surface area contributed by atoms with Crippen LogP contribution in [0.3, 0.4) is 0 Å². The van der Waals surface area contributed by atoms with Gasteiger partial charge in [-0.1, -0.05) is 173 Å². The number of thiol groups is 4. The van der Waals surface area contributed by atoms with E-state index in [0.29, 0.717) is 6.61 Å². The van der Waals surface area contributed by atoms with Gasteiger partial charge in [0.15, 0.2) is 0 Å². The first-order valence-electron chi connectivity index (χ1n) is 24.6. The predicted octanol–water partition coefficient (Wildman–Crippen LogP) is 17.4. The standard InChI is InChI=1S/C36H75NOS6.6C2H6/c38-26-25-37(23-15-11-7-3-1-5-9-13-17-29-43-33-35(31-41)21-19-27-39)24-16-12-8-4-2-6-10-14-18-30-44-34-36(32-42)22-20-28-40;6*1-2/h35-36,38-42H,1-34H2;6*1-2H3. The lowest BCUT2D eigenvalue weighted by molar-refractivity contribution is 0.190. The average Bonchev–Trinajstić information content (AvgIpc) is 3.27. The van der Waals surface area contributed by atoms with E-state index < -0.39 is 0 Å². The van der Waals surface area contributed by atoms with E-state index in [1.165, 1.54) is 177 Å². The number of hydrogen-bond acceptors (Lipinski definition) is 8. The summed E-state index contributed by atoms with van der Waals surface area (Å²) in [4.78, 5) is 2.51. The second-order valence-corrected chi connectivity index (χ2v) is 16.8. The van der Waals surface area contributed by atoms with Crippen LogP contribution >= 0.6 is 74.0 Å². The van der Waals surface area contributed by atoms with Crippen LogP contribution in [0, 0.1) is 11.8 Å². The zero-order chi connectivity index (χ0) is 44.2. The molecule has 0 radical (unpaired) electrons. The summed E-state index contributed by atoms with van der Waals surface area (Å²) < 4.78 is 0. The lowest BCUT2D eigenvalue weighted by Gasteiger charge is -2.21. The van der Waals surface area contributed by atoms with Crippen LogP contribution in [0.15, 0.2) is 0 Å². The summed E-state index contributed by atoms with van der Waals surface area (Å²) in [7, 11) is 0. The Labute approximate surface area is 389 Å². The highest BCUT2D eigenvalue weighted by Crippen LogP contribution is 2.20. The maximum Gasteiger partial charge on any atom is 0.0558 e. The van der Waals surface area contributed by atoms with Gasteiger partial charge in [-0.05, 0) is 122 Å². The fraction of sp³-hybridized carbons (Fsp3) is 1.00. The molecule has 0 aromatic carbocycles. The number of rotatable bonds is 38. The van der Waals surface area contributed by atoms with Crippen LogP contribution in [0.2, 0.25) is 0 Å². The summed E-state index contributed by atoms with van der Waals surface area (Å²) >= 11 is 22.0. The number of aliphatic hydroxyl groups is 1. The first kappa shape index (κ1) is 72.5. The summed E-state index contributed by atoms with van der Waals surface area (Å²) in [5.74, 6) is 10.8. The molecular weight excluding hydrogens is 799 g/mol. The van der Waals surface area contributed by atoms with Gasteiger partial charge < -0.3 is 10.0 Å². The quantitative estimate of drug-likeness (QED) is 0.0315. The fourth-order valence-electron chi connectivity index (χ4n) is 5.75. The SMILES string of the molecule is CC.CC.CC.CC.CC.CC.OCCN(CCCCCCCCCCCSCC(CS)CCCS)CCCCCCCCCCCSCC(CS)CCCS. The Hall–Kier alpha value is 2.02. The van der Waals surface area contributed by atoms with E-state index >= 15 is 0 Å². The molecule has 350 valence electrons. The molecule has 0 heterocycles. The Morgan fingerprint density at radius 3 is 0.893 bits per heavy atom. The smallest absolute Gasteiger partial charge is 0.0558 e. The molecule has 0 aromatic heterocycles. The highest BCUT2D eigenvalue weighted by Gasteiger charge is 2.08. The Bertz CT molecular complexity index is 494. The molecule has 2 atom stereocenters. The fourth-order valence-corrected chi connectivity index (χ4v) is 9.47. The Morgan fingerprint density at radius 2 is 0.643 bits per heavy atom. The molecule has 0 amide bonds. The molecule has 1 N–H and O–H groups in total. The van der Waals surface area contributed by atoms with Crippen molar-refractivity contribution < 1.29 is 5.11 Å². The van der Waals surface area contributed by atoms with Crippen LogP contribution in [0.4, 0.5) is 0 Å². The van der Waals surface area contributed by atoms with Crippen LogP contribution in [-0.4, -0.2) is 82.3 Å². The third kappa shape index (κ3) is 70.6. The van der Waals surface area contributed by atoms with E-state index in [1.807, 2.05) is 83.1 Å². The number of thioether (sulfide) groups is 2. The van der Waals surface area contributed by atoms with Gasteiger partial charge in [-0.2, -0.15) is 74.0 Å². The van der Waals surface area contributed by atoms with E-state index in [-0.39, 0.29) is 0 Å². The zero-order valence-corrected chi connectivity index (χ0v) is 45.9. The molecule has 0 aliphatic heterocycles. The molecule has 0 aliphatic carbocycles. The van der Waals surface area contributed by atoms with Crippen LogP contribution in [0.5, 0.6) is 0 Å². The Balaban J connectivity index is -0.000000362. The molecule has 0 rings (SSSR count). The average molecular weight is 911 g/mol. The van der Waals surface area contributed by atoms with Crippen molar-refractivity contribution in [2.45, 2.75) is 224 Å². The minimum absolute atomic E-state index is 0.300. The first-order valence-corrected chi connectivity index (χ1v) is 29.5. The van der Waals surface area contributed by atoms with Crippen molar-refractivity contribution in [3.05, 3.63) is 0 Å². The maximum atomic E-state index is 9.50. The molecule has 0 aliphatic rings. The number of hydrogen-bond donors (Lipinski definition) is 5. The number of unbranched alkanes of at least 4 members (excludes halogenated alkanes) is 16. The largest absolute Gasteiger partial charge is 0.395 e. The van der Waals surface area contributed by atoms with Crippen molar-refractivity contribution in [3.8, 4) is 0 Å². The van der Waals surface area contributed by atoms with Gasteiger partial charge in [0.05, 0.1) is 6.61 Å². The number of aliphatic hydroxyl groups excluding tert-OH is 1. The topological polar surface area (TPSA) is 23.5 Å². The molecule has 0 fully saturated rings. The minimum atomic E-state index is 0.300. The van der Waals surface area contributed by atoms with Crippen LogP contribution in [0.1, 0.15) is 224 Å². The van der Waals surface area contributed by atoms with Gasteiger partial charge in [-0.25, -0.2) is 0 Å². The van der Waals surface area contributed by atoms with Gasteiger partial charge in [0.2, 0.25) is 0 Å². The van der Waals surface area contributed by atoms with Gasteiger partial charge >= 0.3 is 0 Å². The molecule has 0 spiro atoms. The monoisotopic (exact) mass is 910 g/mol. The van der Waals surface area contributed by atoms with Gasteiger partial charge in [0, 0.05) is 6.54 Å². The summed E-state index contributed by atoms with van der Waals surface area (Å²) in [5.41, 5.74) is 0. The van der Waals surface area contributed by atoms with Crippen LogP contribution < -0.4 is 0 Å². The third-order valence-electron chi connectivity index (χ3n) is 8.71. The molecule has 0 saturated heterocycles. The van der Waals surface area contributed by atoms with Gasteiger partial charge in [0.1, 0.15) is 0 Å². The predicted molar refractivity (Wildman–Crippen MR) is 290 cm³/mol. The van der Waals surface area contributed by atoms with E-state index in [1.54, 1.807) is 0 Å². The van der Waals surface area contributed by atoms with Crippen molar-refractivity contribution >= 4 is 74.0 Å². The van der Waals surface area contributed by atoms with Gasteiger partial charge in [-0.15, -0.1) is 0 Å². The molecule has 56 heavy (non-hydrogen) atoms. The van der Waals surface area contributed by atoms with Crippen molar-refractivity contribution in [1.82, 2.24) is 4.90 Å². The summed E-state index contributed by atoms with van der Waals surface area (Å²) in [6.07, 6.45) is 29.9. The lowest BCUT2D eigenvalue weighted by atomic mass is 10.1. The van der Waals surface area contributed by atoms with Gasteiger partial charge in [0.25, 0.3) is 0 Å². The minimum Gasteiger partial charge on any atom is -0.395 e. The second kappa shape index (κ2) is 80.9. The summed E-state index contributed by atoms with van der Waals surface area (Å²) in [5, 5.41) is 9.50. The molecule has 0 bridgehead atoms. The lowest BCUT2D eigenvalue weighted by Crippen LogP contribution is -2.29. The molecular formula is C48H111NOS6. The maximum absolute atomic E-state index is 9.50. The molecule has 0 aromatic rings. The highest BCUT2D eigenvalue weighted by atomic mass is 32.2. The second-order valence-electron chi connectivity index (χ2n) is 12.9. The molecule has 0 saturated carbocycles. The molecule has 2 nitrogen and oxygen atoms in total. The van der Waals surface area contributed by atoms with Gasteiger partial charge in [-0.3, -0.25) is 0 Å². The van der Waals surface area contributed by atoms with Crippen molar-refractivity contribution in [3.63, 3.8) is 0 Å². The van der Waals surface area contributed by atoms with E-state index in [9.17, 15) is 5.11 Å². The van der Waals surface area contributed by atoms with E-state index in [0.717, 1.165) is 41.4 Å². The molecule has 2 unspecified atom stereocenters. The van der Waals surface area contributed by atoms with Crippen molar-refractivity contribution in [2.75, 3.05) is 72.3 Å². The summed E-state index contributed by atoms with van der Waals surface area (Å²) in [6, 6.07) is 0. The van der Waals surface area contributed by atoms with E-state index in [2.05, 4.69) is 78.9 Å². The van der Waals surface area contributed by atoms with Crippen molar-refractivity contribution in [1.29, 1.82) is 0 Å². The normalized spacial score (nSPS) is 11.0. The number of nitrogens with zero attached hydrogens (tertiary/aromatic N) is 1. The van der Waals surface area contributed by atoms with Crippen LogP contribution in [0.25, 0.3) is 0 Å². The van der Waals surface area contributed by atoms with Crippen LogP contribution in [-0.2, 0) is 0 Å². The third-order valence-corrected chi connectivity index (χ3v) is 12.9. The molecule has 8 heteroatoms. The zero-order valence-electron chi connectivity index (χ0n) is 40.7. The van der Waals surface area contributed by atoms with Crippen molar-refractivity contribution in [2.24, 2.45) is 11.8 Å². The Kier molecular flexibility index (Phi) is 105. The van der Waals surface area contributed by atoms with E-state index in [4.69, 9.17) is 0 Å². The summed E-state index contributed by atoms with van der Waals surface area (Å²) in [6.45, 7) is 27.5. The highest BCUT2D eigenvalue weighted by molar-refractivity contribution is 7.99.